The maximum atomic E-state index is 13.4. The summed E-state index contributed by atoms with van der Waals surface area (Å²) < 4.78 is 0. The van der Waals surface area contributed by atoms with E-state index in [9.17, 15) is 15.0 Å². The number of fused-ring (bicyclic) bond motifs is 1. The van der Waals surface area contributed by atoms with E-state index in [0.717, 1.165) is 79.3 Å². The lowest BCUT2D eigenvalue weighted by Gasteiger charge is -2.45. The molecule has 0 amide bonds. The number of hydrogen-bond acceptors (Lipinski definition) is 6. The Morgan fingerprint density at radius 3 is 2.45 bits per heavy atom. The number of ketones is 1. The molecule has 0 radical (unpaired) electrons. The van der Waals surface area contributed by atoms with Gasteiger partial charge in [-0.3, -0.25) is 14.7 Å². The molecule has 3 N–H and O–H groups in total. The number of aromatic hydroxyl groups is 1. The van der Waals surface area contributed by atoms with E-state index in [1.165, 1.54) is 0 Å². The number of nitrogens with one attached hydrogen (secondary N) is 1. The molecule has 3 aromatic rings. The molecular weight excluding hydrogens is 522 g/mol. The maximum absolute atomic E-state index is 13.4. The highest BCUT2D eigenvalue weighted by Gasteiger charge is 2.37. The molecule has 1 heterocycles. The van der Waals surface area contributed by atoms with Gasteiger partial charge in [0, 0.05) is 47.7 Å². The number of hydrogen-bond donors (Lipinski definition) is 3. The molecule has 7 heteroatoms. The average molecular weight is 560 g/mol. The fraction of sp³-hybridized carbons (Fsp3) is 0.394. The van der Waals surface area contributed by atoms with Gasteiger partial charge in [-0.25, -0.2) is 0 Å². The number of carbonyl (C=O) groups excluding carboxylic acids is 1. The number of benzene rings is 2. The highest BCUT2D eigenvalue weighted by atomic mass is 35.5. The van der Waals surface area contributed by atoms with Crippen LogP contribution in [0.4, 0.5) is 5.69 Å². The molecule has 0 saturated heterocycles. The van der Waals surface area contributed by atoms with Gasteiger partial charge < -0.3 is 15.5 Å². The molecule has 2 aromatic carbocycles. The number of aromatic nitrogens is 1. The first-order valence-corrected chi connectivity index (χ1v) is 14.5. The number of phenols is 1. The Labute approximate surface area is 241 Å². The Morgan fingerprint density at radius 2 is 1.82 bits per heavy atom. The summed E-state index contributed by atoms with van der Waals surface area (Å²) in [6.45, 7) is 11.6. The van der Waals surface area contributed by atoms with E-state index in [1.807, 2.05) is 30.4 Å². The van der Waals surface area contributed by atoms with Crippen molar-refractivity contribution in [2.45, 2.75) is 63.6 Å². The number of halogens is 1. The van der Waals surface area contributed by atoms with Crippen LogP contribution in [0.15, 0.2) is 61.8 Å². The van der Waals surface area contributed by atoms with Crippen molar-refractivity contribution >= 4 is 34.0 Å². The van der Waals surface area contributed by atoms with Crippen molar-refractivity contribution in [3.63, 3.8) is 0 Å². The van der Waals surface area contributed by atoms with Gasteiger partial charge in [0.25, 0.3) is 0 Å². The second-order valence-electron chi connectivity index (χ2n) is 11.4. The summed E-state index contributed by atoms with van der Waals surface area (Å²) in [5.74, 6) is 0.118. The van der Waals surface area contributed by atoms with Crippen molar-refractivity contribution in [2.75, 3.05) is 18.4 Å². The van der Waals surface area contributed by atoms with Gasteiger partial charge in [-0.1, -0.05) is 29.8 Å². The van der Waals surface area contributed by atoms with Crippen LogP contribution in [0.1, 0.15) is 61.4 Å². The zero-order chi connectivity index (χ0) is 28.4. The number of rotatable bonds is 11. The summed E-state index contributed by atoms with van der Waals surface area (Å²) >= 11 is 6.27. The molecular formula is C33H38ClN3O3. The fourth-order valence-corrected chi connectivity index (χ4v) is 6.19. The maximum Gasteiger partial charge on any atom is 0.169 e. The van der Waals surface area contributed by atoms with Crippen LogP contribution in [0, 0.1) is 5.92 Å². The van der Waals surface area contributed by atoms with E-state index in [1.54, 1.807) is 18.3 Å². The van der Waals surface area contributed by atoms with Gasteiger partial charge in [0.2, 0.25) is 0 Å². The Kier molecular flexibility index (Phi) is 8.31. The van der Waals surface area contributed by atoms with E-state index < -0.39 is 0 Å². The summed E-state index contributed by atoms with van der Waals surface area (Å²) in [4.78, 5) is 20.5. The molecule has 6 nitrogen and oxygen atoms in total. The molecule has 2 fully saturated rings. The molecule has 0 unspecified atom stereocenters. The summed E-state index contributed by atoms with van der Waals surface area (Å²) in [6, 6.07) is 9.58. The average Bonchev–Trinajstić information content (AvgIpc) is 3.81. The second-order valence-corrected chi connectivity index (χ2v) is 11.8. The first-order chi connectivity index (χ1) is 19.3. The molecule has 0 aliphatic heterocycles. The minimum absolute atomic E-state index is 0.0727. The molecule has 2 aliphatic rings. The lowest BCUT2D eigenvalue weighted by Crippen LogP contribution is -2.50. The minimum Gasteiger partial charge on any atom is -0.506 e. The molecule has 2 aliphatic carbocycles. The molecule has 0 bridgehead atoms. The van der Waals surface area contributed by atoms with Crippen molar-refractivity contribution in [1.29, 1.82) is 0 Å². The Morgan fingerprint density at radius 1 is 1.12 bits per heavy atom. The fourth-order valence-electron chi connectivity index (χ4n) is 5.95. The molecule has 5 rings (SSSR count). The Balaban J connectivity index is 1.50. The van der Waals surface area contributed by atoms with Gasteiger partial charge >= 0.3 is 0 Å². The molecule has 0 atom stereocenters. The van der Waals surface area contributed by atoms with Gasteiger partial charge in [-0.15, -0.1) is 13.2 Å². The van der Waals surface area contributed by atoms with Crippen molar-refractivity contribution in [1.82, 2.24) is 9.88 Å². The van der Waals surface area contributed by atoms with Crippen molar-refractivity contribution in [3.05, 3.63) is 78.0 Å². The molecule has 2 saturated carbocycles. The van der Waals surface area contributed by atoms with Crippen LogP contribution in [-0.4, -0.2) is 50.6 Å². The van der Waals surface area contributed by atoms with Gasteiger partial charge in [0.1, 0.15) is 5.75 Å². The zero-order valence-corrected chi connectivity index (χ0v) is 23.9. The highest BCUT2D eigenvalue weighted by Crippen LogP contribution is 2.41. The van der Waals surface area contributed by atoms with E-state index in [-0.39, 0.29) is 40.7 Å². The van der Waals surface area contributed by atoms with Crippen LogP contribution in [0.2, 0.25) is 5.02 Å². The van der Waals surface area contributed by atoms with E-state index in [4.69, 9.17) is 11.6 Å². The topological polar surface area (TPSA) is 85.7 Å². The van der Waals surface area contributed by atoms with E-state index in [2.05, 4.69) is 35.3 Å². The van der Waals surface area contributed by atoms with Crippen LogP contribution < -0.4 is 5.32 Å². The molecule has 210 valence electrons. The summed E-state index contributed by atoms with van der Waals surface area (Å²) in [5.41, 5.74) is 4.38. The third-order valence-electron chi connectivity index (χ3n) is 8.60. The van der Waals surface area contributed by atoms with Crippen molar-refractivity contribution in [2.24, 2.45) is 5.92 Å². The van der Waals surface area contributed by atoms with Crippen LogP contribution >= 0.6 is 11.6 Å². The lowest BCUT2D eigenvalue weighted by molar-refractivity contribution is 0.0860. The van der Waals surface area contributed by atoms with Crippen LogP contribution in [-0.2, 0) is 6.61 Å². The first-order valence-electron chi connectivity index (χ1n) is 14.1. The summed E-state index contributed by atoms with van der Waals surface area (Å²) in [5, 5.41) is 24.8. The monoisotopic (exact) mass is 559 g/mol. The number of Topliss-reactive ketones (excluding diaryl/α,β-unsaturated/α-hetero) is 1. The SMILES string of the molecule is C=CCN(CC=C)C1(C)CCC(Nc2c(C(=O)C3CC3)cnc3ccc(-c4cc(Cl)c(O)c(CO)c4)cc23)CC1. The van der Waals surface area contributed by atoms with Gasteiger partial charge in [0.15, 0.2) is 5.78 Å². The third kappa shape index (κ3) is 5.67. The molecule has 0 spiro atoms. The van der Waals surface area contributed by atoms with Crippen LogP contribution in [0.25, 0.3) is 22.0 Å². The Hall–Kier alpha value is -3.19. The van der Waals surface area contributed by atoms with Crippen LogP contribution in [0.3, 0.4) is 0 Å². The van der Waals surface area contributed by atoms with Gasteiger partial charge in [0.05, 0.1) is 28.4 Å². The van der Waals surface area contributed by atoms with E-state index >= 15 is 0 Å². The number of aliphatic hydroxyl groups is 1. The second kappa shape index (κ2) is 11.7. The third-order valence-corrected chi connectivity index (χ3v) is 8.89. The zero-order valence-electron chi connectivity index (χ0n) is 23.1. The summed E-state index contributed by atoms with van der Waals surface area (Å²) in [7, 11) is 0. The quantitative estimate of drug-likeness (QED) is 0.171. The smallest absolute Gasteiger partial charge is 0.169 e. The van der Waals surface area contributed by atoms with Gasteiger partial charge in [-0.2, -0.15) is 0 Å². The Bertz CT molecular complexity index is 1430. The predicted molar refractivity (Wildman–Crippen MR) is 163 cm³/mol. The van der Waals surface area contributed by atoms with Crippen molar-refractivity contribution in [3.8, 4) is 16.9 Å². The minimum atomic E-state index is -0.320. The molecule has 1 aromatic heterocycles. The number of pyridine rings is 1. The normalized spacial score (nSPS) is 20.9. The number of carbonyl (C=O) groups is 1. The first kappa shape index (κ1) is 28.3. The van der Waals surface area contributed by atoms with Gasteiger partial charge in [-0.05, 0) is 80.8 Å². The number of aliphatic hydroxyl groups excluding tert-OH is 1. The summed E-state index contributed by atoms with van der Waals surface area (Å²) in [6.07, 6.45) is 11.5. The van der Waals surface area contributed by atoms with Crippen molar-refractivity contribution < 1.29 is 15.0 Å². The predicted octanol–water partition coefficient (Wildman–Crippen LogP) is 7.13. The van der Waals surface area contributed by atoms with E-state index in [0.29, 0.717) is 11.1 Å². The largest absolute Gasteiger partial charge is 0.506 e. The number of anilines is 1. The lowest BCUT2D eigenvalue weighted by atomic mass is 9.79. The molecule has 40 heavy (non-hydrogen) atoms. The highest BCUT2D eigenvalue weighted by molar-refractivity contribution is 6.32. The van der Waals surface area contributed by atoms with Crippen LogP contribution in [0.5, 0.6) is 5.75 Å². The standard InChI is InChI=1S/C33H38ClN3O3/c1-4-14-37(15-5-2)33(3)12-10-25(11-13-33)36-30-26-17-22(23-16-24(20-38)32(40)28(34)18-23)8-9-29(26)35-19-27(30)31(39)21-6-7-21/h4-5,8-9,16-19,21,25,38,40H,1-2,6-7,10-15,20H2,3H3,(H,35,36). The number of nitrogens with zero attached hydrogens (tertiary/aromatic N) is 2.